The van der Waals surface area contributed by atoms with Crippen LogP contribution in [0, 0.1) is 34.0 Å². The van der Waals surface area contributed by atoms with Crippen molar-refractivity contribution in [3.8, 4) is 0 Å². The summed E-state index contributed by atoms with van der Waals surface area (Å²) in [7, 11) is 1.81. The molecule has 0 N–H and O–H groups in total. The Morgan fingerprint density at radius 3 is 2.52 bits per heavy atom. The van der Waals surface area contributed by atoms with Crippen LogP contribution >= 0.6 is 11.8 Å². The van der Waals surface area contributed by atoms with Crippen LogP contribution in [0.5, 0.6) is 0 Å². The fourth-order valence-corrected chi connectivity index (χ4v) is 9.82. The van der Waals surface area contributed by atoms with Gasteiger partial charge in [-0.3, -0.25) is 0 Å². The molecule has 3 aliphatic carbocycles. The highest BCUT2D eigenvalue weighted by Gasteiger charge is 2.62. The summed E-state index contributed by atoms with van der Waals surface area (Å²) in [4.78, 5) is 0. The van der Waals surface area contributed by atoms with Gasteiger partial charge in [-0.1, -0.05) is 39.7 Å². The molecule has 0 amide bonds. The lowest BCUT2D eigenvalue weighted by molar-refractivity contribution is -0.135. The molecule has 1 aliphatic heterocycles. The summed E-state index contributed by atoms with van der Waals surface area (Å²) in [6.07, 6.45) is 11.9. The fraction of sp³-hybridized carbons (Fsp3) is 0.826. The molecular weight excluding hydrogens is 324 g/mol. The zero-order chi connectivity index (χ0) is 18.0. The molecule has 4 aliphatic rings. The van der Waals surface area contributed by atoms with Gasteiger partial charge in [-0.2, -0.15) is 11.8 Å². The monoisotopic (exact) mass is 360 g/mol. The highest BCUT2D eigenvalue weighted by Crippen LogP contribution is 2.69. The number of allylic oxidation sites excluding steroid dienone is 2. The van der Waals surface area contributed by atoms with Crippen molar-refractivity contribution in [3.63, 3.8) is 0 Å². The van der Waals surface area contributed by atoms with Crippen molar-refractivity contribution >= 4 is 11.8 Å². The van der Waals surface area contributed by atoms with E-state index in [2.05, 4.69) is 58.5 Å². The Morgan fingerprint density at radius 2 is 1.80 bits per heavy atom. The third-order valence-corrected chi connectivity index (χ3v) is 10.1. The Labute approximate surface area is 159 Å². The van der Waals surface area contributed by atoms with Gasteiger partial charge in [0.15, 0.2) is 0 Å². The van der Waals surface area contributed by atoms with Crippen LogP contribution in [0.25, 0.3) is 0 Å². The molecule has 6 atom stereocenters. The van der Waals surface area contributed by atoms with E-state index in [0.29, 0.717) is 27.4 Å². The van der Waals surface area contributed by atoms with Crippen LogP contribution in [0.15, 0.2) is 23.5 Å². The normalized spacial score (nSPS) is 48.4. The van der Waals surface area contributed by atoms with E-state index >= 15 is 0 Å². The number of methoxy groups -OCH3 is 1. The van der Waals surface area contributed by atoms with Crippen molar-refractivity contribution in [2.75, 3.05) is 12.9 Å². The highest BCUT2D eigenvalue weighted by atomic mass is 32.2. The topological polar surface area (TPSA) is 9.23 Å². The molecule has 1 nitrogen and oxygen atoms in total. The first-order valence-corrected chi connectivity index (χ1v) is 11.3. The molecule has 3 fully saturated rings. The molecule has 0 bridgehead atoms. The van der Waals surface area contributed by atoms with Gasteiger partial charge in [0.05, 0.1) is 7.11 Å². The third-order valence-electron chi connectivity index (χ3n) is 8.76. The second kappa shape index (κ2) is 5.81. The predicted molar refractivity (Wildman–Crippen MR) is 109 cm³/mol. The molecule has 25 heavy (non-hydrogen) atoms. The Hall–Kier alpha value is -0.370. The number of hydrogen-bond acceptors (Lipinski definition) is 2. The first-order chi connectivity index (χ1) is 11.7. The minimum Gasteiger partial charge on any atom is -0.497 e. The lowest BCUT2D eigenvalue weighted by Crippen LogP contribution is -2.60. The van der Waals surface area contributed by atoms with E-state index in [1.54, 1.807) is 5.57 Å². The van der Waals surface area contributed by atoms with E-state index in [1.165, 1.54) is 37.9 Å². The zero-order valence-electron chi connectivity index (χ0n) is 17.0. The van der Waals surface area contributed by atoms with Crippen molar-refractivity contribution in [2.24, 2.45) is 34.0 Å². The van der Waals surface area contributed by atoms with E-state index in [1.807, 2.05) is 7.11 Å². The van der Waals surface area contributed by atoms with Gasteiger partial charge in [-0.15, -0.1) is 0 Å². The Kier molecular flexibility index (Phi) is 4.19. The van der Waals surface area contributed by atoms with Gasteiger partial charge < -0.3 is 4.74 Å². The minimum atomic E-state index is 0.449. The average molecular weight is 361 g/mol. The summed E-state index contributed by atoms with van der Waals surface area (Å²) < 4.78 is 5.58. The smallest absolute Gasteiger partial charge is 0.115 e. The average Bonchev–Trinajstić information content (AvgIpc) is 2.52. The molecule has 0 radical (unpaired) electrons. The van der Waals surface area contributed by atoms with E-state index in [4.69, 9.17) is 4.74 Å². The number of hydrogen-bond donors (Lipinski definition) is 0. The quantitative estimate of drug-likeness (QED) is 0.531. The van der Waals surface area contributed by atoms with Gasteiger partial charge in [-0.05, 0) is 78.6 Å². The van der Waals surface area contributed by atoms with E-state index in [-0.39, 0.29) is 0 Å². The van der Waals surface area contributed by atoms with Crippen LogP contribution in [-0.2, 0) is 4.74 Å². The number of ether oxygens (including phenoxy) is 1. The van der Waals surface area contributed by atoms with E-state index in [9.17, 15) is 0 Å². The van der Waals surface area contributed by atoms with Crippen LogP contribution in [0.2, 0.25) is 0 Å². The lowest BCUT2D eigenvalue weighted by Gasteiger charge is -2.66. The molecule has 2 heteroatoms. The standard InChI is InChI=1S/C23H36OS/c1-15-12-16(24-6)13-17-20(15)23(5)11-8-18-21(2,3)9-7-10-22(18,4)19(23)14-25-17/h12-13,17-20H,7-11,14H2,1-6H3/t17?,18-,19+,20?,22-,23+/m0/s1. The van der Waals surface area contributed by atoms with Crippen molar-refractivity contribution in [2.45, 2.75) is 72.0 Å². The first kappa shape index (κ1) is 18.0. The van der Waals surface area contributed by atoms with Crippen molar-refractivity contribution in [3.05, 3.63) is 23.5 Å². The maximum absolute atomic E-state index is 5.58. The van der Waals surface area contributed by atoms with Crippen LogP contribution < -0.4 is 0 Å². The van der Waals surface area contributed by atoms with Crippen LogP contribution in [0.1, 0.15) is 66.7 Å². The molecule has 2 unspecified atom stereocenters. The molecule has 2 saturated carbocycles. The molecule has 0 aromatic heterocycles. The third kappa shape index (κ3) is 2.49. The van der Waals surface area contributed by atoms with Crippen molar-refractivity contribution < 1.29 is 4.74 Å². The van der Waals surface area contributed by atoms with E-state index in [0.717, 1.165) is 17.6 Å². The van der Waals surface area contributed by atoms with Gasteiger partial charge in [0.1, 0.15) is 5.76 Å². The minimum absolute atomic E-state index is 0.449. The largest absolute Gasteiger partial charge is 0.497 e. The molecule has 1 saturated heterocycles. The Morgan fingerprint density at radius 1 is 1.04 bits per heavy atom. The number of rotatable bonds is 1. The van der Waals surface area contributed by atoms with Gasteiger partial charge in [0, 0.05) is 11.2 Å². The van der Waals surface area contributed by atoms with Crippen molar-refractivity contribution in [1.29, 1.82) is 0 Å². The summed E-state index contributed by atoms with van der Waals surface area (Å²) in [6.45, 7) is 12.8. The molecular formula is C23H36OS. The van der Waals surface area contributed by atoms with Crippen molar-refractivity contribution in [1.82, 2.24) is 0 Å². The van der Waals surface area contributed by atoms with Crippen LogP contribution in [-0.4, -0.2) is 18.1 Å². The summed E-state index contributed by atoms with van der Waals surface area (Å²) in [5, 5.41) is 0.609. The van der Waals surface area contributed by atoms with E-state index < -0.39 is 0 Å². The Balaban J connectivity index is 1.72. The SMILES string of the molecule is COC1=CC2SC[C@@H]3[C@@]4(C)CCCC(C)(C)[C@@H]4CC[C@@]3(C)C2C(C)=C1. The fourth-order valence-electron chi connectivity index (χ4n) is 7.69. The first-order valence-electron chi connectivity index (χ1n) is 10.3. The molecule has 4 rings (SSSR count). The highest BCUT2D eigenvalue weighted by molar-refractivity contribution is 8.00. The second-order valence-electron chi connectivity index (χ2n) is 10.4. The maximum atomic E-state index is 5.58. The van der Waals surface area contributed by atoms with Gasteiger partial charge in [0.25, 0.3) is 0 Å². The predicted octanol–water partition coefficient (Wildman–Crippen LogP) is 6.46. The zero-order valence-corrected chi connectivity index (χ0v) is 17.8. The molecule has 0 spiro atoms. The maximum Gasteiger partial charge on any atom is 0.115 e. The summed E-state index contributed by atoms with van der Waals surface area (Å²) in [5.74, 6) is 4.86. The molecule has 0 aromatic rings. The number of thioether (sulfide) groups is 1. The summed E-state index contributed by atoms with van der Waals surface area (Å²) in [5.41, 5.74) is 3.06. The van der Waals surface area contributed by atoms with Gasteiger partial charge in [-0.25, -0.2) is 0 Å². The van der Waals surface area contributed by atoms with Gasteiger partial charge >= 0.3 is 0 Å². The summed E-state index contributed by atoms with van der Waals surface area (Å²) in [6, 6.07) is 0. The van der Waals surface area contributed by atoms with Gasteiger partial charge in [0.2, 0.25) is 0 Å². The molecule has 140 valence electrons. The lowest BCUT2D eigenvalue weighted by atomic mass is 9.41. The summed E-state index contributed by atoms with van der Waals surface area (Å²) >= 11 is 2.21. The number of fused-ring (bicyclic) bond motifs is 5. The second-order valence-corrected chi connectivity index (χ2v) is 11.6. The molecule has 1 heterocycles. The van der Waals surface area contributed by atoms with Crippen LogP contribution in [0.3, 0.4) is 0 Å². The van der Waals surface area contributed by atoms with Crippen LogP contribution in [0.4, 0.5) is 0 Å². The Bertz CT molecular complexity index is 618. The molecule has 0 aromatic carbocycles.